The molecule has 0 saturated heterocycles. The minimum Gasteiger partial charge on any atom is -0.491 e. The molecule has 0 radical (unpaired) electrons. The number of hydrogen-bond donors (Lipinski definition) is 1. The molecule has 2 aromatic rings. The predicted molar refractivity (Wildman–Crippen MR) is 71.2 cm³/mol. The number of benzene rings is 1. The van der Waals surface area contributed by atoms with E-state index in [0.717, 1.165) is 29.7 Å². The fourth-order valence-electron chi connectivity index (χ4n) is 1.79. The number of hydrogen-bond acceptors (Lipinski definition) is 3. The summed E-state index contributed by atoms with van der Waals surface area (Å²) in [5, 5.41) is 1.06. The normalized spacial score (nSPS) is 10.6. The van der Waals surface area contributed by atoms with E-state index in [1.807, 2.05) is 30.3 Å². The summed E-state index contributed by atoms with van der Waals surface area (Å²) >= 11 is 0. The number of fused-ring (bicyclic) bond motifs is 1. The van der Waals surface area contributed by atoms with Crippen molar-refractivity contribution in [1.82, 2.24) is 4.98 Å². The summed E-state index contributed by atoms with van der Waals surface area (Å²) in [5.74, 6) is 1.35. The summed E-state index contributed by atoms with van der Waals surface area (Å²) in [6, 6.07) is 9.72. The van der Waals surface area contributed by atoms with Crippen molar-refractivity contribution >= 4 is 16.7 Å². The first-order valence-electron chi connectivity index (χ1n) is 6.09. The molecule has 1 heterocycles. The van der Waals surface area contributed by atoms with Gasteiger partial charge in [-0.05, 0) is 24.6 Å². The zero-order valence-corrected chi connectivity index (χ0v) is 10.1. The van der Waals surface area contributed by atoms with Gasteiger partial charge in [-0.15, -0.1) is 0 Å². The minimum atomic E-state index is 0.530. The van der Waals surface area contributed by atoms with Gasteiger partial charge in [0.15, 0.2) is 0 Å². The summed E-state index contributed by atoms with van der Waals surface area (Å²) in [5.41, 5.74) is 6.55. The van der Waals surface area contributed by atoms with Gasteiger partial charge in [-0.1, -0.05) is 31.9 Å². The number of nitrogens with two attached hydrogens (primary N) is 1. The Hall–Kier alpha value is -1.77. The first-order chi connectivity index (χ1) is 8.31. The van der Waals surface area contributed by atoms with Crippen molar-refractivity contribution in [2.75, 3.05) is 12.3 Å². The van der Waals surface area contributed by atoms with Gasteiger partial charge in [0.2, 0.25) is 0 Å². The molecule has 2 rings (SSSR count). The Balaban J connectivity index is 2.18. The topological polar surface area (TPSA) is 48.1 Å². The summed E-state index contributed by atoms with van der Waals surface area (Å²) in [7, 11) is 0. The molecule has 3 heteroatoms. The van der Waals surface area contributed by atoms with E-state index in [2.05, 4.69) is 11.9 Å². The van der Waals surface area contributed by atoms with Crippen LogP contribution in [0.4, 0.5) is 5.82 Å². The van der Waals surface area contributed by atoms with Gasteiger partial charge < -0.3 is 10.5 Å². The molecular weight excluding hydrogens is 212 g/mol. The average molecular weight is 230 g/mol. The number of para-hydroxylation sites is 1. The highest BCUT2D eigenvalue weighted by Crippen LogP contribution is 2.24. The smallest absolute Gasteiger partial charge is 0.145 e. The molecule has 2 N–H and O–H groups in total. The van der Waals surface area contributed by atoms with Crippen LogP contribution in [0.1, 0.15) is 26.2 Å². The SMILES string of the molecule is CCCCCOc1cccc2ccc(N)nc12. The average Bonchev–Trinajstić information content (AvgIpc) is 2.35. The lowest BCUT2D eigenvalue weighted by Gasteiger charge is -2.08. The van der Waals surface area contributed by atoms with Crippen molar-refractivity contribution < 1.29 is 4.74 Å². The highest BCUT2D eigenvalue weighted by Gasteiger charge is 2.03. The molecule has 0 aliphatic heterocycles. The molecule has 0 atom stereocenters. The molecule has 90 valence electrons. The molecule has 0 fully saturated rings. The predicted octanol–water partition coefficient (Wildman–Crippen LogP) is 3.39. The molecule has 17 heavy (non-hydrogen) atoms. The Bertz CT molecular complexity index is 497. The first-order valence-corrected chi connectivity index (χ1v) is 6.09. The minimum absolute atomic E-state index is 0.530. The fourth-order valence-corrected chi connectivity index (χ4v) is 1.79. The number of rotatable bonds is 5. The number of nitrogens with zero attached hydrogens (tertiary/aromatic N) is 1. The molecule has 0 unspecified atom stereocenters. The van der Waals surface area contributed by atoms with Crippen molar-refractivity contribution in [2.24, 2.45) is 0 Å². The number of ether oxygens (including phenoxy) is 1. The highest BCUT2D eigenvalue weighted by molar-refractivity contribution is 5.85. The quantitative estimate of drug-likeness (QED) is 0.801. The van der Waals surface area contributed by atoms with Crippen LogP contribution < -0.4 is 10.5 Å². The van der Waals surface area contributed by atoms with Crippen LogP contribution in [0.25, 0.3) is 10.9 Å². The van der Waals surface area contributed by atoms with Crippen molar-refractivity contribution in [3.05, 3.63) is 30.3 Å². The lowest BCUT2D eigenvalue weighted by molar-refractivity contribution is 0.309. The Kier molecular flexibility index (Phi) is 3.81. The summed E-state index contributed by atoms with van der Waals surface area (Å²) in [6.07, 6.45) is 3.47. The van der Waals surface area contributed by atoms with Gasteiger partial charge in [0.25, 0.3) is 0 Å². The Morgan fingerprint density at radius 3 is 2.88 bits per heavy atom. The Labute approximate surface area is 102 Å². The van der Waals surface area contributed by atoms with E-state index in [1.165, 1.54) is 12.8 Å². The van der Waals surface area contributed by atoms with Crippen LogP contribution in [0.15, 0.2) is 30.3 Å². The van der Waals surface area contributed by atoms with Crippen LogP contribution in [0.3, 0.4) is 0 Å². The number of aromatic nitrogens is 1. The number of unbranched alkanes of at least 4 members (excludes halogenated alkanes) is 2. The number of nitrogen functional groups attached to an aromatic ring is 1. The van der Waals surface area contributed by atoms with Crippen molar-refractivity contribution in [2.45, 2.75) is 26.2 Å². The molecule has 0 bridgehead atoms. The van der Waals surface area contributed by atoms with E-state index in [1.54, 1.807) is 0 Å². The maximum atomic E-state index is 5.76. The monoisotopic (exact) mass is 230 g/mol. The van der Waals surface area contributed by atoms with Gasteiger partial charge in [0, 0.05) is 5.39 Å². The molecule has 1 aromatic heterocycles. The van der Waals surface area contributed by atoms with Crippen molar-refractivity contribution in [3.8, 4) is 5.75 Å². The first kappa shape index (κ1) is 11.7. The zero-order chi connectivity index (χ0) is 12.1. The largest absolute Gasteiger partial charge is 0.491 e. The van der Waals surface area contributed by atoms with Crippen molar-refractivity contribution in [3.63, 3.8) is 0 Å². The molecule has 0 aliphatic carbocycles. The Morgan fingerprint density at radius 2 is 2.06 bits per heavy atom. The number of pyridine rings is 1. The maximum absolute atomic E-state index is 5.76. The second-order valence-corrected chi connectivity index (χ2v) is 4.12. The third kappa shape index (κ3) is 2.87. The van der Waals surface area contributed by atoms with Crippen LogP contribution >= 0.6 is 0 Å². The van der Waals surface area contributed by atoms with Gasteiger partial charge in [0.1, 0.15) is 17.1 Å². The maximum Gasteiger partial charge on any atom is 0.145 e. The van der Waals surface area contributed by atoms with Gasteiger partial charge in [-0.2, -0.15) is 0 Å². The lowest BCUT2D eigenvalue weighted by Crippen LogP contribution is -1.99. The summed E-state index contributed by atoms with van der Waals surface area (Å²) < 4.78 is 5.76. The summed E-state index contributed by atoms with van der Waals surface area (Å²) in [4.78, 5) is 4.33. The van der Waals surface area contributed by atoms with Gasteiger partial charge in [0.05, 0.1) is 6.61 Å². The molecule has 3 nitrogen and oxygen atoms in total. The lowest BCUT2D eigenvalue weighted by atomic mass is 10.2. The molecular formula is C14H18N2O. The molecule has 1 aromatic carbocycles. The third-order valence-electron chi connectivity index (χ3n) is 2.71. The zero-order valence-electron chi connectivity index (χ0n) is 10.1. The summed E-state index contributed by atoms with van der Waals surface area (Å²) in [6.45, 7) is 2.92. The Morgan fingerprint density at radius 1 is 1.18 bits per heavy atom. The van der Waals surface area contributed by atoms with E-state index in [9.17, 15) is 0 Å². The molecule has 0 aliphatic rings. The van der Waals surface area contributed by atoms with Gasteiger partial charge in [-0.25, -0.2) is 4.98 Å². The van der Waals surface area contributed by atoms with Crippen LogP contribution in [0.5, 0.6) is 5.75 Å². The molecule has 0 saturated carbocycles. The van der Waals surface area contributed by atoms with Crippen LogP contribution in [-0.4, -0.2) is 11.6 Å². The van der Waals surface area contributed by atoms with Crippen molar-refractivity contribution in [1.29, 1.82) is 0 Å². The van der Waals surface area contributed by atoms with Gasteiger partial charge in [-0.3, -0.25) is 0 Å². The molecule has 0 spiro atoms. The van der Waals surface area contributed by atoms with Crippen LogP contribution in [-0.2, 0) is 0 Å². The van der Waals surface area contributed by atoms with E-state index in [0.29, 0.717) is 5.82 Å². The van der Waals surface area contributed by atoms with E-state index >= 15 is 0 Å². The van der Waals surface area contributed by atoms with Crippen LogP contribution in [0.2, 0.25) is 0 Å². The fraction of sp³-hybridized carbons (Fsp3) is 0.357. The third-order valence-corrected chi connectivity index (χ3v) is 2.71. The van der Waals surface area contributed by atoms with Crippen LogP contribution in [0, 0.1) is 0 Å². The van der Waals surface area contributed by atoms with E-state index in [4.69, 9.17) is 10.5 Å². The second-order valence-electron chi connectivity index (χ2n) is 4.12. The second kappa shape index (κ2) is 5.53. The van der Waals surface area contributed by atoms with E-state index < -0.39 is 0 Å². The number of anilines is 1. The van der Waals surface area contributed by atoms with E-state index in [-0.39, 0.29) is 0 Å². The standard InChI is InChI=1S/C14H18N2O/c1-2-3-4-10-17-12-7-5-6-11-8-9-13(15)16-14(11)12/h5-9H,2-4,10H2,1H3,(H2,15,16). The highest BCUT2D eigenvalue weighted by atomic mass is 16.5. The van der Waals surface area contributed by atoms with Gasteiger partial charge >= 0.3 is 0 Å². The molecule has 0 amide bonds.